The van der Waals surface area contributed by atoms with Gasteiger partial charge in [-0.3, -0.25) is 19.8 Å². The predicted octanol–water partition coefficient (Wildman–Crippen LogP) is 0.363. The second kappa shape index (κ2) is 5.27. The van der Waals surface area contributed by atoms with E-state index in [0.29, 0.717) is 0 Å². The minimum atomic E-state index is -0.510. The van der Waals surface area contributed by atoms with Crippen LogP contribution < -0.4 is 16.1 Å². The molecule has 3 rings (SSSR count). The van der Waals surface area contributed by atoms with E-state index in [2.05, 4.69) is 20.4 Å². The average molecular weight is 301 g/mol. The maximum absolute atomic E-state index is 12.1. The van der Waals surface area contributed by atoms with Gasteiger partial charge in [0.1, 0.15) is 12.1 Å². The molecule has 1 aromatic carbocycles. The van der Waals surface area contributed by atoms with Crippen LogP contribution in [-0.2, 0) is 0 Å². The Morgan fingerprint density at radius 2 is 2.09 bits per heavy atom. The Balaban J connectivity index is 1.89. The lowest BCUT2D eigenvalue weighted by Gasteiger charge is -2.21. The molecule has 0 atom stereocenters. The summed E-state index contributed by atoms with van der Waals surface area (Å²) in [7, 11) is 0. The zero-order valence-electron chi connectivity index (χ0n) is 10.9. The van der Waals surface area contributed by atoms with Crippen LogP contribution in [0.25, 0.3) is 5.78 Å². The van der Waals surface area contributed by atoms with E-state index in [4.69, 9.17) is 5.21 Å². The van der Waals surface area contributed by atoms with Crippen molar-refractivity contribution in [2.45, 2.75) is 0 Å². The maximum Gasteiger partial charge on any atom is 0.256 e. The number of H-pyrrole nitrogens is 1. The molecule has 22 heavy (non-hydrogen) atoms. The number of fused-ring (bicyclic) bond motifs is 1. The topological polar surface area (TPSA) is 139 Å². The minimum absolute atomic E-state index is 0.00799. The van der Waals surface area contributed by atoms with Gasteiger partial charge in [0.05, 0.1) is 5.69 Å². The largest absolute Gasteiger partial charge is 0.733 e. The Kier molecular flexibility index (Phi) is 3.29. The highest BCUT2D eigenvalue weighted by molar-refractivity contribution is 6.04. The van der Waals surface area contributed by atoms with Gasteiger partial charge in [-0.1, -0.05) is 0 Å². The molecule has 0 aliphatic carbocycles. The summed E-state index contributed by atoms with van der Waals surface area (Å²) >= 11 is 0. The van der Waals surface area contributed by atoms with Crippen LogP contribution in [-0.4, -0.2) is 30.7 Å². The van der Waals surface area contributed by atoms with Crippen molar-refractivity contribution in [2.75, 3.05) is 10.5 Å². The van der Waals surface area contributed by atoms with Crippen LogP contribution in [0.5, 0.6) is 0 Å². The zero-order chi connectivity index (χ0) is 15.7. The third kappa shape index (κ3) is 2.51. The second-order valence-corrected chi connectivity index (χ2v) is 4.29. The van der Waals surface area contributed by atoms with Gasteiger partial charge in [-0.25, -0.2) is 0 Å². The zero-order valence-corrected chi connectivity index (χ0v) is 10.9. The van der Waals surface area contributed by atoms with E-state index in [1.165, 1.54) is 41.2 Å². The number of benzene rings is 1. The normalized spacial score (nSPS) is 10.6. The van der Waals surface area contributed by atoms with Gasteiger partial charge in [0.15, 0.2) is 0 Å². The van der Waals surface area contributed by atoms with Crippen molar-refractivity contribution in [1.29, 1.82) is 0 Å². The molecular weight excluding hydrogens is 292 g/mol. The van der Waals surface area contributed by atoms with E-state index in [0.717, 1.165) is 0 Å². The minimum Gasteiger partial charge on any atom is -0.733 e. The summed E-state index contributed by atoms with van der Waals surface area (Å²) in [5.74, 6) is -0.164. The Hall–Kier alpha value is -3.24. The molecule has 0 spiro atoms. The number of amides is 1. The van der Waals surface area contributed by atoms with E-state index >= 15 is 0 Å². The number of nitrogens with zero attached hydrogens (tertiary/aromatic N) is 4. The van der Waals surface area contributed by atoms with Crippen molar-refractivity contribution < 1.29 is 10.0 Å². The molecular formula is C12H9N6O4-. The van der Waals surface area contributed by atoms with Crippen molar-refractivity contribution in [3.8, 4) is 0 Å². The third-order valence-electron chi connectivity index (χ3n) is 2.87. The maximum atomic E-state index is 12.1. The SMILES string of the molecule is O=C(Nc1cc(=O)[nH]c2ncnn12)c1ccc(N([O-])O)cc1. The van der Waals surface area contributed by atoms with Crippen molar-refractivity contribution >= 4 is 23.2 Å². The predicted molar refractivity (Wildman–Crippen MR) is 75.6 cm³/mol. The van der Waals surface area contributed by atoms with Gasteiger partial charge in [-0.2, -0.15) is 14.6 Å². The Morgan fingerprint density at radius 3 is 2.77 bits per heavy atom. The number of anilines is 2. The average Bonchev–Trinajstić information content (AvgIpc) is 2.95. The van der Waals surface area contributed by atoms with Crippen LogP contribution in [0.15, 0.2) is 41.5 Å². The Labute approximate surface area is 122 Å². The van der Waals surface area contributed by atoms with E-state index in [9.17, 15) is 14.8 Å². The quantitative estimate of drug-likeness (QED) is 0.593. The summed E-state index contributed by atoms with van der Waals surface area (Å²) in [6.07, 6.45) is 1.24. The van der Waals surface area contributed by atoms with Gasteiger partial charge in [0, 0.05) is 11.6 Å². The van der Waals surface area contributed by atoms with Crippen LogP contribution in [0.4, 0.5) is 11.5 Å². The molecule has 0 aliphatic heterocycles. The molecule has 10 nitrogen and oxygen atoms in total. The fourth-order valence-electron chi connectivity index (χ4n) is 1.85. The van der Waals surface area contributed by atoms with Gasteiger partial charge in [0.2, 0.25) is 5.78 Å². The highest BCUT2D eigenvalue weighted by atomic mass is 16.8. The fraction of sp³-hybridized carbons (Fsp3) is 0. The molecule has 0 saturated heterocycles. The smallest absolute Gasteiger partial charge is 0.256 e. The van der Waals surface area contributed by atoms with E-state index in [1.54, 1.807) is 0 Å². The molecule has 2 heterocycles. The standard InChI is InChI=1S/C12H9N6O4/c19-10-5-9(17-12(16-10)13-6-14-17)15-11(20)7-1-3-8(4-2-7)18(21)22/h1-6,21H,(H,15,20)(H,13,14,16,19)/q-1. The first-order chi connectivity index (χ1) is 10.5. The number of rotatable bonds is 3. The van der Waals surface area contributed by atoms with Gasteiger partial charge in [0.25, 0.3) is 11.5 Å². The lowest BCUT2D eigenvalue weighted by molar-refractivity contribution is 0.102. The number of nitrogens with one attached hydrogen (secondary N) is 2. The summed E-state index contributed by atoms with van der Waals surface area (Å²) in [5.41, 5.74) is -0.209. The summed E-state index contributed by atoms with van der Waals surface area (Å²) in [6.45, 7) is 0. The lowest BCUT2D eigenvalue weighted by atomic mass is 10.2. The van der Waals surface area contributed by atoms with Gasteiger partial charge in [-0.15, -0.1) is 0 Å². The molecule has 0 saturated carbocycles. The number of carbonyl (C=O) groups excluding carboxylic acids is 1. The van der Waals surface area contributed by atoms with Crippen LogP contribution >= 0.6 is 0 Å². The summed E-state index contributed by atoms with van der Waals surface area (Å²) in [6, 6.07) is 6.45. The van der Waals surface area contributed by atoms with Crippen LogP contribution in [0, 0.1) is 5.21 Å². The molecule has 3 aromatic rings. The van der Waals surface area contributed by atoms with E-state index < -0.39 is 11.5 Å². The first-order valence-electron chi connectivity index (χ1n) is 6.05. The lowest BCUT2D eigenvalue weighted by Crippen LogP contribution is -2.18. The highest BCUT2D eigenvalue weighted by Gasteiger charge is 2.10. The van der Waals surface area contributed by atoms with Crippen molar-refractivity contribution in [3.63, 3.8) is 0 Å². The van der Waals surface area contributed by atoms with Crippen molar-refractivity contribution in [3.05, 3.63) is 57.8 Å². The molecule has 2 aromatic heterocycles. The number of carbonyl (C=O) groups is 1. The number of aromatic amines is 1. The number of hydrogen-bond donors (Lipinski definition) is 3. The summed E-state index contributed by atoms with van der Waals surface area (Å²) in [5, 5.41) is 25.5. The molecule has 0 radical (unpaired) electrons. The Morgan fingerprint density at radius 1 is 1.36 bits per heavy atom. The molecule has 10 heteroatoms. The second-order valence-electron chi connectivity index (χ2n) is 4.29. The van der Waals surface area contributed by atoms with Crippen molar-refractivity contribution in [2.24, 2.45) is 0 Å². The third-order valence-corrected chi connectivity index (χ3v) is 2.87. The first-order valence-corrected chi connectivity index (χ1v) is 6.05. The number of aromatic nitrogens is 4. The van der Waals surface area contributed by atoms with Crippen LogP contribution in [0.3, 0.4) is 0 Å². The van der Waals surface area contributed by atoms with E-state index in [1.807, 2.05) is 0 Å². The molecule has 1 amide bonds. The molecule has 0 unspecified atom stereocenters. The monoisotopic (exact) mass is 301 g/mol. The van der Waals surface area contributed by atoms with E-state index in [-0.39, 0.29) is 28.1 Å². The first kappa shape index (κ1) is 13.7. The van der Waals surface area contributed by atoms with Crippen LogP contribution in [0.2, 0.25) is 0 Å². The van der Waals surface area contributed by atoms with Crippen LogP contribution in [0.1, 0.15) is 10.4 Å². The van der Waals surface area contributed by atoms with Gasteiger partial charge in [-0.05, 0) is 24.3 Å². The van der Waals surface area contributed by atoms with Gasteiger partial charge >= 0.3 is 0 Å². The summed E-state index contributed by atoms with van der Waals surface area (Å²) < 4.78 is 1.26. The Bertz CT molecular complexity index is 883. The summed E-state index contributed by atoms with van der Waals surface area (Å²) in [4.78, 5) is 29.9. The van der Waals surface area contributed by atoms with Gasteiger partial charge < -0.3 is 15.8 Å². The number of hydrogen-bond acceptors (Lipinski definition) is 7. The fourth-order valence-corrected chi connectivity index (χ4v) is 1.85. The molecule has 3 N–H and O–H groups in total. The molecule has 0 bridgehead atoms. The molecule has 112 valence electrons. The van der Waals surface area contributed by atoms with Crippen molar-refractivity contribution in [1.82, 2.24) is 19.6 Å². The molecule has 0 aliphatic rings. The highest BCUT2D eigenvalue weighted by Crippen LogP contribution is 2.14. The molecule has 0 fully saturated rings.